The smallest absolute Gasteiger partial charge is 0.335 e. The van der Waals surface area contributed by atoms with Crippen molar-refractivity contribution in [2.24, 2.45) is 0 Å². The van der Waals surface area contributed by atoms with Crippen molar-refractivity contribution >= 4 is 23.3 Å². The summed E-state index contributed by atoms with van der Waals surface area (Å²) < 4.78 is 5.04. The zero-order chi connectivity index (χ0) is 16.3. The van der Waals surface area contributed by atoms with E-state index in [0.29, 0.717) is 22.7 Å². The van der Waals surface area contributed by atoms with Crippen LogP contribution in [-0.2, 0) is 0 Å². The van der Waals surface area contributed by atoms with Crippen LogP contribution in [0.2, 0.25) is 0 Å². The fraction of sp³-hybridized carbons (Fsp3) is 0.125. The number of hydrogen-bond donors (Lipinski definition) is 3. The van der Waals surface area contributed by atoms with E-state index >= 15 is 0 Å². The van der Waals surface area contributed by atoms with E-state index in [0.717, 1.165) is 5.56 Å². The molecule has 0 aliphatic heterocycles. The Bertz CT molecular complexity index is 741. The quantitative estimate of drug-likeness (QED) is 0.753. The van der Waals surface area contributed by atoms with Gasteiger partial charge in [-0.1, -0.05) is 6.07 Å². The van der Waals surface area contributed by atoms with Gasteiger partial charge in [0.1, 0.15) is 5.75 Å². The van der Waals surface area contributed by atoms with Crippen molar-refractivity contribution < 1.29 is 19.4 Å². The van der Waals surface area contributed by atoms with Gasteiger partial charge in [0, 0.05) is 11.3 Å². The SMILES string of the molecule is COc1ccc(C(=O)Nc2cc(C(=O)O)ccc2C)cc1N. The van der Waals surface area contributed by atoms with Gasteiger partial charge >= 0.3 is 5.97 Å². The van der Waals surface area contributed by atoms with Crippen LogP contribution in [0.1, 0.15) is 26.3 Å². The maximum atomic E-state index is 12.2. The maximum Gasteiger partial charge on any atom is 0.335 e. The van der Waals surface area contributed by atoms with E-state index in [1.807, 2.05) is 0 Å². The molecule has 0 heterocycles. The second kappa shape index (κ2) is 6.17. The first-order valence-electron chi connectivity index (χ1n) is 6.51. The Morgan fingerprint density at radius 2 is 1.82 bits per heavy atom. The second-order valence-electron chi connectivity index (χ2n) is 4.75. The molecule has 0 fully saturated rings. The predicted molar refractivity (Wildman–Crippen MR) is 83.5 cm³/mol. The number of benzene rings is 2. The number of nitrogens with one attached hydrogen (secondary N) is 1. The molecule has 0 saturated carbocycles. The van der Waals surface area contributed by atoms with E-state index in [1.165, 1.54) is 25.3 Å². The molecular formula is C16H16N2O4. The predicted octanol–water partition coefficient (Wildman–Crippen LogP) is 2.54. The number of anilines is 2. The summed E-state index contributed by atoms with van der Waals surface area (Å²) >= 11 is 0. The number of hydrogen-bond acceptors (Lipinski definition) is 4. The van der Waals surface area contributed by atoms with Gasteiger partial charge in [-0.2, -0.15) is 0 Å². The van der Waals surface area contributed by atoms with Crippen molar-refractivity contribution in [2.75, 3.05) is 18.2 Å². The molecule has 0 aliphatic rings. The third kappa shape index (κ3) is 3.17. The largest absolute Gasteiger partial charge is 0.495 e. The molecule has 2 rings (SSSR count). The van der Waals surface area contributed by atoms with E-state index in [9.17, 15) is 9.59 Å². The number of ether oxygens (including phenoxy) is 1. The first-order chi connectivity index (χ1) is 10.4. The molecule has 0 unspecified atom stereocenters. The second-order valence-corrected chi connectivity index (χ2v) is 4.75. The van der Waals surface area contributed by atoms with Gasteiger partial charge in [-0.25, -0.2) is 4.79 Å². The Morgan fingerprint density at radius 3 is 2.41 bits per heavy atom. The van der Waals surface area contributed by atoms with Crippen molar-refractivity contribution in [1.29, 1.82) is 0 Å². The third-order valence-electron chi connectivity index (χ3n) is 3.22. The van der Waals surface area contributed by atoms with Crippen LogP contribution in [0.25, 0.3) is 0 Å². The van der Waals surface area contributed by atoms with Gasteiger partial charge in [-0.15, -0.1) is 0 Å². The highest BCUT2D eigenvalue weighted by Gasteiger charge is 2.12. The molecular weight excluding hydrogens is 284 g/mol. The third-order valence-corrected chi connectivity index (χ3v) is 3.22. The summed E-state index contributed by atoms with van der Waals surface area (Å²) in [4.78, 5) is 23.2. The van der Waals surface area contributed by atoms with Crippen LogP contribution in [0.15, 0.2) is 36.4 Å². The molecule has 6 nitrogen and oxygen atoms in total. The van der Waals surface area contributed by atoms with E-state index in [2.05, 4.69) is 5.32 Å². The van der Waals surface area contributed by atoms with E-state index in [4.69, 9.17) is 15.6 Å². The number of amides is 1. The lowest BCUT2D eigenvalue weighted by molar-refractivity contribution is 0.0696. The number of aromatic carboxylic acids is 1. The molecule has 0 spiro atoms. The minimum absolute atomic E-state index is 0.107. The van der Waals surface area contributed by atoms with Crippen LogP contribution in [-0.4, -0.2) is 24.1 Å². The van der Waals surface area contributed by atoms with Gasteiger partial charge in [0.25, 0.3) is 5.91 Å². The van der Waals surface area contributed by atoms with Gasteiger partial charge in [-0.3, -0.25) is 4.79 Å². The van der Waals surface area contributed by atoms with Crippen LogP contribution in [0.4, 0.5) is 11.4 Å². The summed E-state index contributed by atoms with van der Waals surface area (Å²) in [5.74, 6) is -0.940. The van der Waals surface area contributed by atoms with E-state index in [1.54, 1.807) is 25.1 Å². The highest BCUT2D eigenvalue weighted by Crippen LogP contribution is 2.23. The summed E-state index contributed by atoms with van der Waals surface area (Å²) in [5, 5.41) is 11.7. The first-order valence-corrected chi connectivity index (χ1v) is 6.51. The zero-order valence-corrected chi connectivity index (χ0v) is 12.2. The summed E-state index contributed by atoms with van der Waals surface area (Å²) in [6.07, 6.45) is 0. The molecule has 2 aromatic carbocycles. The van der Waals surface area contributed by atoms with Crippen molar-refractivity contribution in [1.82, 2.24) is 0 Å². The standard InChI is InChI=1S/C16H16N2O4/c1-9-3-4-11(16(20)21)8-13(9)18-15(19)10-5-6-14(22-2)12(17)7-10/h3-8H,17H2,1-2H3,(H,18,19)(H,20,21). The molecule has 4 N–H and O–H groups in total. The Hall–Kier alpha value is -3.02. The number of nitrogen functional groups attached to an aromatic ring is 1. The maximum absolute atomic E-state index is 12.2. The monoisotopic (exact) mass is 300 g/mol. The molecule has 0 radical (unpaired) electrons. The van der Waals surface area contributed by atoms with Crippen molar-refractivity contribution in [3.05, 3.63) is 53.1 Å². The molecule has 0 aromatic heterocycles. The average molecular weight is 300 g/mol. The Labute approximate surface area is 127 Å². The number of carbonyl (C=O) groups excluding carboxylic acids is 1. The Morgan fingerprint density at radius 1 is 1.14 bits per heavy atom. The molecule has 0 saturated heterocycles. The normalized spacial score (nSPS) is 10.1. The molecule has 0 atom stereocenters. The number of rotatable bonds is 4. The summed E-state index contributed by atoms with van der Waals surface area (Å²) in [6.45, 7) is 1.78. The zero-order valence-electron chi connectivity index (χ0n) is 12.2. The molecule has 1 amide bonds. The minimum Gasteiger partial charge on any atom is -0.495 e. The number of carbonyl (C=O) groups is 2. The number of carboxylic acids is 1. The van der Waals surface area contributed by atoms with E-state index in [-0.39, 0.29) is 11.5 Å². The highest BCUT2D eigenvalue weighted by atomic mass is 16.5. The molecule has 114 valence electrons. The van der Waals surface area contributed by atoms with Crippen LogP contribution >= 0.6 is 0 Å². The van der Waals surface area contributed by atoms with Gasteiger partial charge in [-0.05, 0) is 42.8 Å². The molecule has 2 aromatic rings. The lowest BCUT2D eigenvalue weighted by Crippen LogP contribution is -2.14. The van der Waals surface area contributed by atoms with Crippen LogP contribution in [0, 0.1) is 6.92 Å². The Kier molecular flexibility index (Phi) is 4.31. The number of nitrogens with two attached hydrogens (primary N) is 1. The fourth-order valence-corrected chi connectivity index (χ4v) is 1.96. The number of aryl methyl sites for hydroxylation is 1. The summed E-state index contributed by atoms with van der Waals surface area (Å²) in [5.41, 5.74) is 7.80. The fourth-order valence-electron chi connectivity index (χ4n) is 1.96. The molecule has 0 aliphatic carbocycles. The van der Waals surface area contributed by atoms with Gasteiger partial charge in [0.2, 0.25) is 0 Å². The van der Waals surface area contributed by atoms with Crippen molar-refractivity contribution in [2.45, 2.75) is 6.92 Å². The topological polar surface area (TPSA) is 102 Å². The first kappa shape index (κ1) is 15.4. The van der Waals surface area contributed by atoms with Crippen LogP contribution in [0.5, 0.6) is 5.75 Å². The molecule has 0 bridgehead atoms. The van der Waals surface area contributed by atoms with Gasteiger partial charge < -0.3 is 20.9 Å². The minimum atomic E-state index is -1.05. The van der Waals surface area contributed by atoms with Crippen LogP contribution < -0.4 is 15.8 Å². The lowest BCUT2D eigenvalue weighted by Gasteiger charge is -2.11. The Balaban J connectivity index is 2.27. The summed E-state index contributed by atoms with van der Waals surface area (Å²) in [6, 6.07) is 9.23. The van der Waals surface area contributed by atoms with Gasteiger partial charge in [0.05, 0.1) is 18.4 Å². The molecule has 22 heavy (non-hydrogen) atoms. The van der Waals surface area contributed by atoms with E-state index < -0.39 is 5.97 Å². The van der Waals surface area contributed by atoms with Crippen molar-refractivity contribution in [3.8, 4) is 5.75 Å². The van der Waals surface area contributed by atoms with Gasteiger partial charge in [0.15, 0.2) is 0 Å². The number of carboxylic acid groups (broad SMARTS) is 1. The van der Waals surface area contributed by atoms with Crippen molar-refractivity contribution in [3.63, 3.8) is 0 Å². The lowest BCUT2D eigenvalue weighted by atomic mass is 10.1. The van der Waals surface area contributed by atoms with Crippen LogP contribution in [0.3, 0.4) is 0 Å². The summed E-state index contributed by atoms with van der Waals surface area (Å²) in [7, 11) is 1.49. The average Bonchev–Trinajstić information content (AvgIpc) is 2.49. The molecule has 6 heteroatoms. The highest BCUT2D eigenvalue weighted by molar-refractivity contribution is 6.06. The number of methoxy groups -OCH3 is 1.